The number of aliphatic carboxylic acids is 1. The van der Waals surface area contributed by atoms with Crippen molar-refractivity contribution in [3.05, 3.63) is 23.3 Å². The molecule has 0 aliphatic carbocycles. The van der Waals surface area contributed by atoms with Crippen LogP contribution in [0.4, 0.5) is 0 Å². The Labute approximate surface area is 112 Å². The predicted octanol–water partition coefficient (Wildman–Crippen LogP) is 4.96. The van der Waals surface area contributed by atoms with Crippen LogP contribution < -0.4 is 0 Å². The Morgan fingerprint density at radius 2 is 1.89 bits per heavy atom. The molecule has 0 fully saturated rings. The fraction of sp³-hybridized carbons (Fsp3) is 0.688. The van der Waals surface area contributed by atoms with Gasteiger partial charge >= 0.3 is 5.97 Å². The van der Waals surface area contributed by atoms with Crippen molar-refractivity contribution in [2.75, 3.05) is 0 Å². The molecule has 18 heavy (non-hydrogen) atoms. The average Bonchev–Trinajstić information content (AvgIpc) is 2.28. The largest absolute Gasteiger partial charge is 0.481 e. The summed E-state index contributed by atoms with van der Waals surface area (Å²) in [5.41, 5.74) is 2.64. The summed E-state index contributed by atoms with van der Waals surface area (Å²) in [4.78, 5) is 11.1. The maximum absolute atomic E-state index is 11.1. The minimum absolute atomic E-state index is 0.205. The molecule has 0 rings (SSSR count). The van der Waals surface area contributed by atoms with Crippen LogP contribution in [-0.4, -0.2) is 11.1 Å². The van der Waals surface area contributed by atoms with E-state index in [9.17, 15) is 4.79 Å². The summed E-state index contributed by atoms with van der Waals surface area (Å²) in [6, 6.07) is 0. The molecular formula is C16H28O2. The van der Waals surface area contributed by atoms with Gasteiger partial charge in [-0.15, -0.1) is 0 Å². The molecule has 104 valence electrons. The molecule has 0 radical (unpaired) electrons. The molecule has 0 aliphatic heterocycles. The van der Waals surface area contributed by atoms with Gasteiger partial charge in [-0.3, -0.25) is 4.79 Å². The van der Waals surface area contributed by atoms with Crippen LogP contribution in [0.3, 0.4) is 0 Å². The van der Waals surface area contributed by atoms with Crippen LogP contribution in [0.25, 0.3) is 0 Å². The van der Waals surface area contributed by atoms with Crippen molar-refractivity contribution in [1.29, 1.82) is 0 Å². The van der Waals surface area contributed by atoms with E-state index in [-0.39, 0.29) is 5.92 Å². The minimum atomic E-state index is -0.656. The van der Waals surface area contributed by atoms with Crippen LogP contribution >= 0.6 is 0 Å². The van der Waals surface area contributed by atoms with Gasteiger partial charge in [0.25, 0.3) is 0 Å². The van der Waals surface area contributed by atoms with E-state index in [0.29, 0.717) is 6.42 Å². The summed E-state index contributed by atoms with van der Waals surface area (Å²) in [5.74, 6) is -0.861. The van der Waals surface area contributed by atoms with Gasteiger partial charge in [-0.1, -0.05) is 43.1 Å². The molecule has 0 spiro atoms. The Balaban J connectivity index is 4.13. The molecule has 0 amide bonds. The molecule has 2 nitrogen and oxygen atoms in total. The molecule has 0 aromatic rings. The summed E-state index contributed by atoms with van der Waals surface area (Å²) in [6.45, 7) is 8.39. The SMILES string of the molecule is CCCCC(CC=C(C)CCC=C(C)C)C(=O)O. The normalized spacial score (nSPS) is 13.2. The summed E-state index contributed by atoms with van der Waals surface area (Å²) >= 11 is 0. The smallest absolute Gasteiger partial charge is 0.306 e. The van der Waals surface area contributed by atoms with Gasteiger partial charge in [0.15, 0.2) is 0 Å². The lowest BCUT2D eigenvalue weighted by Gasteiger charge is -2.09. The zero-order valence-corrected chi connectivity index (χ0v) is 12.3. The molecule has 1 N–H and O–H groups in total. The number of carboxylic acid groups (broad SMARTS) is 1. The van der Waals surface area contributed by atoms with Gasteiger partial charge in [0.1, 0.15) is 0 Å². The van der Waals surface area contributed by atoms with Crippen LogP contribution in [0.2, 0.25) is 0 Å². The quantitative estimate of drug-likeness (QED) is 0.589. The Morgan fingerprint density at radius 1 is 1.22 bits per heavy atom. The number of hydrogen-bond donors (Lipinski definition) is 1. The monoisotopic (exact) mass is 252 g/mol. The van der Waals surface area contributed by atoms with Crippen molar-refractivity contribution < 1.29 is 9.90 Å². The topological polar surface area (TPSA) is 37.3 Å². The van der Waals surface area contributed by atoms with E-state index >= 15 is 0 Å². The molecule has 0 saturated carbocycles. The lowest BCUT2D eigenvalue weighted by molar-refractivity contribution is -0.141. The predicted molar refractivity (Wildman–Crippen MR) is 77.7 cm³/mol. The van der Waals surface area contributed by atoms with Gasteiger partial charge in [-0.25, -0.2) is 0 Å². The van der Waals surface area contributed by atoms with Crippen molar-refractivity contribution in [2.45, 2.75) is 66.2 Å². The number of carbonyl (C=O) groups is 1. The van der Waals surface area contributed by atoms with Crippen LogP contribution in [0.1, 0.15) is 66.2 Å². The summed E-state index contributed by atoms with van der Waals surface area (Å²) in [6.07, 6.45) is 9.95. The highest BCUT2D eigenvalue weighted by molar-refractivity contribution is 5.70. The van der Waals surface area contributed by atoms with E-state index in [0.717, 1.165) is 32.1 Å². The van der Waals surface area contributed by atoms with E-state index in [2.05, 4.69) is 39.8 Å². The summed E-state index contributed by atoms with van der Waals surface area (Å²) in [7, 11) is 0. The van der Waals surface area contributed by atoms with Crippen molar-refractivity contribution in [3.63, 3.8) is 0 Å². The molecule has 0 heterocycles. The Bertz CT molecular complexity index is 296. The van der Waals surface area contributed by atoms with Gasteiger partial charge in [-0.05, 0) is 46.5 Å². The molecule has 0 saturated heterocycles. The van der Waals surface area contributed by atoms with Gasteiger partial charge in [0.05, 0.1) is 5.92 Å². The Hall–Kier alpha value is -1.05. The number of carboxylic acids is 1. The van der Waals surface area contributed by atoms with Crippen molar-refractivity contribution in [2.24, 2.45) is 5.92 Å². The number of hydrogen-bond acceptors (Lipinski definition) is 1. The highest BCUT2D eigenvalue weighted by Gasteiger charge is 2.14. The van der Waals surface area contributed by atoms with Crippen molar-refractivity contribution in [3.8, 4) is 0 Å². The van der Waals surface area contributed by atoms with Gasteiger partial charge in [0, 0.05) is 0 Å². The van der Waals surface area contributed by atoms with E-state index in [4.69, 9.17) is 5.11 Å². The second-order valence-electron chi connectivity index (χ2n) is 5.28. The zero-order valence-electron chi connectivity index (χ0n) is 12.3. The van der Waals surface area contributed by atoms with Crippen LogP contribution in [-0.2, 0) is 4.79 Å². The molecule has 0 bridgehead atoms. The fourth-order valence-electron chi connectivity index (χ4n) is 1.83. The molecule has 0 aromatic carbocycles. The van der Waals surface area contributed by atoms with E-state index in [1.54, 1.807) is 0 Å². The highest BCUT2D eigenvalue weighted by atomic mass is 16.4. The maximum Gasteiger partial charge on any atom is 0.306 e. The van der Waals surface area contributed by atoms with Crippen LogP contribution in [0.15, 0.2) is 23.3 Å². The minimum Gasteiger partial charge on any atom is -0.481 e. The number of unbranched alkanes of at least 4 members (excludes halogenated alkanes) is 1. The first-order chi connectivity index (χ1) is 8.47. The Kier molecular flexibility index (Phi) is 9.35. The third kappa shape index (κ3) is 9.03. The first kappa shape index (κ1) is 16.9. The van der Waals surface area contributed by atoms with E-state index < -0.39 is 5.97 Å². The first-order valence-electron chi connectivity index (χ1n) is 6.99. The second kappa shape index (κ2) is 9.93. The number of rotatable bonds is 9. The molecule has 1 atom stereocenters. The van der Waals surface area contributed by atoms with Crippen LogP contribution in [0, 0.1) is 5.92 Å². The van der Waals surface area contributed by atoms with E-state index in [1.807, 2.05) is 0 Å². The highest BCUT2D eigenvalue weighted by Crippen LogP contribution is 2.16. The summed E-state index contributed by atoms with van der Waals surface area (Å²) < 4.78 is 0. The lowest BCUT2D eigenvalue weighted by Crippen LogP contribution is -2.12. The van der Waals surface area contributed by atoms with E-state index in [1.165, 1.54) is 11.1 Å². The number of allylic oxidation sites excluding steroid dienone is 4. The lowest BCUT2D eigenvalue weighted by atomic mass is 9.97. The third-order valence-electron chi connectivity index (χ3n) is 3.10. The zero-order chi connectivity index (χ0) is 14.0. The van der Waals surface area contributed by atoms with Crippen LogP contribution in [0.5, 0.6) is 0 Å². The standard InChI is InChI=1S/C16H28O2/c1-5-6-10-15(16(17)18)12-11-14(4)9-7-8-13(2)3/h8,11,15H,5-7,9-10,12H2,1-4H3,(H,17,18). The average molecular weight is 252 g/mol. The maximum atomic E-state index is 11.1. The van der Waals surface area contributed by atoms with Gasteiger partial charge in [-0.2, -0.15) is 0 Å². The van der Waals surface area contributed by atoms with Crippen molar-refractivity contribution >= 4 is 5.97 Å². The van der Waals surface area contributed by atoms with Gasteiger partial charge in [0.2, 0.25) is 0 Å². The molecule has 2 heteroatoms. The molecule has 0 aliphatic rings. The molecule has 1 unspecified atom stereocenters. The Morgan fingerprint density at radius 3 is 2.39 bits per heavy atom. The summed E-state index contributed by atoms with van der Waals surface area (Å²) in [5, 5.41) is 9.12. The fourth-order valence-corrected chi connectivity index (χ4v) is 1.83. The molecular weight excluding hydrogens is 224 g/mol. The third-order valence-corrected chi connectivity index (χ3v) is 3.10. The first-order valence-corrected chi connectivity index (χ1v) is 6.99. The van der Waals surface area contributed by atoms with Crippen molar-refractivity contribution in [1.82, 2.24) is 0 Å². The van der Waals surface area contributed by atoms with Gasteiger partial charge < -0.3 is 5.11 Å². The second-order valence-corrected chi connectivity index (χ2v) is 5.28. The molecule has 0 aromatic heterocycles.